The van der Waals surface area contributed by atoms with Crippen molar-refractivity contribution in [2.45, 2.75) is 26.4 Å². The Kier molecular flexibility index (Phi) is 4.17. The largest absolute Gasteiger partial charge is 0.533 e. The number of nitrogens with zero attached hydrogens (tertiary/aromatic N) is 2. The third-order valence-electron chi connectivity index (χ3n) is 2.62. The minimum atomic E-state index is -0.697. The second-order valence-electron chi connectivity index (χ2n) is 5.55. The molecular weight excluding hydrogens is 256 g/mol. The van der Waals surface area contributed by atoms with Gasteiger partial charge in [0, 0.05) is 24.6 Å². The molecule has 2 aliphatic heterocycles. The standard InChI is InChI=1S/C15H20N2O3/c1-15(2,3)19-14(18)20-17-11-7-8-13(12-17)16-9-5-4-6-10-16/h4-9,11H,10,12H2,1-3H3. The number of ether oxygens (including phenoxy) is 1. The van der Waals surface area contributed by atoms with Crippen molar-refractivity contribution >= 4 is 6.16 Å². The van der Waals surface area contributed by atoms with Crippen molar-refractivity contribution in [2.75, 3.05) is 13.1 Å². The first-order valence-corrected chi connectivity index (χ1v) is 6.59. The monoisotopic (exact) mass is 276 g/mol. The zero-order valence-electron chi connectivity index (χ0n) is 12.1. The molecule has 0 radical (unpaired) electrons. The highest BCUT2D eigenvalue weighted by Crippen LogP contribution is 2.16. The van der Waals surface area contributed by atoms with Gasteiger partial charge in [-0.25, -0.2) is 9.86 Å². The van der Waals surface area contributed by atoms with Crippen LogP contribution < -0.4 is 0 Å². The van der Waals surface area contributed by atoms with Crippen LogP contribution in [0.2, 0.25) is 0 Å². The van der Waals surface area contributed by atoms with E-state index >= 15 is 0 Å². The molecule has 0 aromatic carbocycles. The van der Waals surface area contributed by atoms with E-state index in [0.717, 1.165) is 12.2 Å². The quantitative estimate of drug-likeness (QED) is 0.725. The van der Waals surface area contributed by atoms with E-state index in [0.29, 0.717) is 6.54 Å². The Hall–Kier alpha value is -2.17. The fourth-order valence-corrected chi connectivity index (χ4v) is 1.81. The minimum Gasteiger partial charge on any atom is -0.427 e. The fourth-order valence-electron chi connectivity index (χ4n) is 1.81. The van der Waals surface area contributed by atoms with E-state index in [2.05, 4.69) is 11.0 Å². The molecule has 2 aliphatic rings. The van der Waals surface area contributed by atoms with E-state index in [1.807, 2.05) is 30.5 Å². The van der Waals surface area contributed by atoms with Crippen molar-refractivity contribution in [2.24, 2.45) is 0 Å². The summed E-state index contributed by atoms with van der Waals surface area (Å²) in [4.78, 5) is 18.9. The average molecular weight is 276 g/mol. The highest BCUT2D eigenvalue weighted by atomic mass is 16.8. The summed E-state index contributed by atoms with van der Waals surface area (Å²) in [6.07, 6.45) is 12.9. The van der Waals surface area contributed by atoms with E-state index in [1.165, 1.54) is 5.06 Å². The maximum Gasteiger partial charge on any atom is 0.533 e. The van der Waals surface area contributed by atoms with Crippen LogP contribution in [0.1, 0.15) is 20.8 Å². The third-order valence-corrected chi connectivity index (χ3v) is 2.62. The molecule has 2 rings (SSSR count). The number of carbonyl (C=O) groups is 1. The molecule has 0 spiro atoms. The Labute approximate surface area is 119 Å². The van der Waals surface area contributed by atoms with Crippen LogP contribution in [0, 0.1) is 0 Å². The van der Waals surface area contributed by atoms with Gasteiger partial charge < -0.3 is 14.5 Å². The van der Waals surface area contributed by atoms with Crippen LogP contribution in [0.15, 0.2) is 48.5 Å². The molecule has 2 heterocycles. The van der Waals surface area contributed by atoms with Crippen molar-refractivity contribution in [1.82, 2.24) is 9.96 Å². The number of hydroxylamine groups is 2. The minimum absolute atomic E-state index is 0.494. The number of rotatable bonds is 2. The topological polar surface area (TPSA) is 42.0 Å². The summed E-state index contributed by atoms with van der Waals surface area (Å²) in [5.74, 6) is 0. The Morgan fingerprint density at radius 3 is 2.65 bits per heavy atom. The molecule has 0 aromatic heterocycles. The molecule has 108 valence electrons. The van der Waals surface area contributed by atoms with Crippen molar-refractivity contribution in [1.29, 1.82) is 0 Å². The molecule has 5 heteroatoms. The van der Waals surface area contributed by atoms with Crippen molar-refractivity contribution < 1.29 is 14.4 Å². The summed E-state index contributed by atoms with van der Waals surface area (Å²) >= 11 is 0. The number of carbonyl (C=O) groups excluding carboxylic acids is 1. The van der Waals surface area contributed by atoms with Gasteiger partial charge in [0.05, 0.1) is 6.54 Å². The molecule has 0 saturated carbocycles. The number of hydrogen-bond acceptors (Lipinski definition) is 5. The van der Waals surface area contributed by atoms with Crippen molar-refractivity contribution in [3.05, 3.63) is 48.5 Å². The lowest BCUT2D eigenvalue weighted by atomic mass is 10.2. The molecule has 20 heavy (non-hydrogen) atoms. The van der Waals surface area contributed by atoms with Crippen LogP contribution in [-0.4, -0.2) is 34.8 Å². The Bertz CT molecular complexity index is 484. The number of hydrogen-bond donors (Lipinski definition) is 0. The average Bonchev–Trinajstić information content (AvgIpc) is 2.38. The van der Waals surface area contributed by atoms with Gasteiger partial charge in [0.2, 0.25) is 0 Å². The zero-order valence-corrected chi connectivity index (χ0v) is 12.1. The molecule has 0 unspecified atom stereocenters. The second kappa shape index (κ2) is 5.86. The molecule has 0 N–H and O–H groups in total. The van der Waals surface area contributed by atoms with Gasteiger partial charge in [-0.1, -0.05) is 12.2 Å². The van der Waals surface area contributed by atoms with Gasteiger partial charge >= 0.3 is 6.16 Å². The first-order valence-electron chi connectivity index (χ1n) is 6.59. The van der Waals surface area contributed by atoms with Crippen LogP contribution in [-0.2, 0) is 9.57 Å². The van der Waals surface area contributed by atoms with E-state index in [4.69, 9.17) is 9.57 Å². The molecule has 0 amide bonds. The number of allylic oxidation sites excluding steroid dienone is 4. The third kappa shape index (κ3) is 4.19. The van der Waals surface area contributed by atoms with Gasteiger partial charge in [-0.3, -0.25) is 0 Å². The highest BCUT2D eigenvalue weighted by Gasteiger charge is 2.21. The van der Waals surface area contributed by atoms with Gasteiger partial charge in [0.1, 0.15) is 5.60 Å². The molecule has 0 bridgehead atoms. The molecule has 0 aliphatic carbocycles. The van der Waals surface area contributed by atoms with Crippen LogP contribution >= 0.6 is 0 Å². The fraction of sp³-hybridized carbons (Fsp3) is 0.400. The summed E-state index contributed by atoms with van der Waals surface area (Å²) in [7, 11) is 0. The van der Waals surface area contributed by atoms with Crippen LogP contribution in [0.5, 0.6) is 0 Å². The van der Waals surface area contributed by atoms with Crippen molar-refractivity contribution in [3.63, 3.8) is 0 Å². The summed E-state index contributed by atoms with van der Waals surface area (Å²) in [6.45, 7) is 6.72. The summed E-state index contributed by atoms with van der Waals surface area (Å²) < 4.78 is 5.13. The summed E-state index contributed by atoms with van der Waals surface area (Å²) in [5, 5.41) is 1.47. The summed E-state index contributed by atoms with van der Waals surface area (Å²) in [5.41, 5.74) is 0.493. The van der Waals surface area contributed by atoms with E-state index < -0.39 is 11.8 Å². The lowest BCUT2D eigenvalue weighted by molar-refractivity contribution is -0.111. The first-order chi connectivity index (χ1) is 9.44. The molecule has 0 atom stereocenters. The van der Waals surface area contributed by atoms with Gasteiger partial charge in [0.25, 0.3) is 0 Å². The normalized spacial score (nSPS) is 18.1. The maximum absolute atomic E-state index is 11.6. The van der Waals surface area contributed by atoms with Gasteiger partial charge in [-0.15, -0.1) is 0 Å². The van der Waals surface area contributed by atoms with Crippen LogP contribution in [0.4, 0.5) is 4.79 Å². The predicted molar refractivity (Wildman–Crippen MR) is 76.2 cm³/mol. The van der Waals surface area contributed by atoms with Gasteiger partial charge in [-0.2, -0.15) is 0 Å². The zero-order chi connectivity index (χ0) is 14.6. The van der Waals surface area contributed by atoms with Gasteiger partial charge in [0.15, 0.2) is 0 Å². The van der Waals surface area contributed by atoms with E-state index in [-0.39, 0.29) is 0 Å². The van der Waals surface area contributed by atoms with E-state index in [9.17, 15) is 4.79 Å². The SMILES string of the molecule is CC(C)(C)OC(=O)ON1C=CC=C(N2C=CC=CC2)C1. The molecule has 5 nitrogen and oxygen atoms in total. The van der Waals surface area contributed by atoms with Crippen LogP contribution in [0.3, 0.4) is 0 Å². The second-order valence-corrected chi connectivity index (χ2v) is 5.55. The van der Waals surface area contributed by atoms with Gasteiger partial charge in [-0.05, 0) is 39.0 Å². The van der Waals surface area contributed by atoms with Crippen molar-refractivity contribution in [3.8, 4) is 0 Å². The molecule has 0 saturated heterocycles. The maximum atomic E-state index is 11.6. The first kappa shape index (κ1) is 14.2. The lowest BCUT2D eigenvalue weighted by Crippen LogP contribution is -2.34. The highest BCUT2D eigenvalue weighted by molar-refractivity contribution is 5.60. The lowest BCUT2D eigenvalue weighted by Gasteiger charge is -2.30. The smallest absolute Gasteiger partial charge is 0.427 e. The molecule has 0 fully saturated rings. The van der Waals surface area contributed by atoms with E-state index in [1.54, 1.807) is 27.0 Å². The summed E-state index contributed by atoms with van der Waals surface area (Å²) in [6, 6.07) is 0. The Balaban J connectivity index is 1.89. The molecular formula is C15H20N2O3. The molecule has 0 aromatic rings. The Morgan fingerprint density at radius 2 is 2.00 bits per heavy atom. The Morgan fingerprint density at radius 1 is 1.20 bits per heavy atom. The van der Waals surface area contributed by atoms with Crippen LogP contribution in [0.25, 0.3) is 0 Å². The predicted octanol–water partition coefficient (Wildman–Crippen LogP) is 2.95.